The molecule has 1 aliphatic rings. The molecule has 0 saturated heterocycles. The molecular weight excluding hydrogens is 281 g/mol. The van der Waals surface area contributed by atoms with Crippen LogP contribution in [0.25, 0.3) is 0 Å². The van der Waals surface area contributed by atoms with E-state index in [9.17, 15) is 18.3 Å². The van der Waals surface area contributed by atoms with E-state index in [2.05, 4.69) is 0 Å². The van der Waals surface area contributed by atoms with Gasteiger partial charge in [-0.15, -0.1) is 0 Å². The van der Waals surface area contributed by atoms with Gasteiger partial charge in [-0.25, -0.2) is 0 Å². The summed E-state index contributed by atoms with van der Waals surface area (Å²) in [5.74, 6) is 0.571. The van der Waals surface area contributed by atoms with E-state index in [0.717, 1.165) is 12.1 Å². The molecule has 21 heavy (non-hydrogen) atoms. The van der Waals surface area contributed by atoms with Crippen LogP contribution in [-0.2, 0) is 6.18 Å². The lowest BCUT2D eigenvalue weighted by Gasteiger charge is -2.30. The first-order valence-corrected chi connectivity index (χ1v) is 6.56. The van der Waals surface area contributed by atoms with Gasteiger partial charge < -0.3 is 9.84 Å². The molecule has 2 aromatic carbocycles. The molecule has 110 valence electrons. The Hall–Kier alpha value is -2.01. The lowest BCUT2D eigenvalue weighted by molar-refractivity contribution is -0.137. The minimum absolute atomic E-state index is 0.322. The van der Waals surface area contributed by atoms with Crippen LogP contribution in [0.1, 0.15) is 35.3 Å². The molecule has 1 N–H and O–H groups in total. The second-order valence-corrected chi connectivity index (χ2v) is 5.02. The van der Waals surface area contributed by atoms with Crippen molar-refractivity contribution in [2.45, 2.75) is 24.8 Å². The molecular formula is C16H13F3O2. The highest BCUT2D eigenvalue weighted by molar-refractivity contribution is 5.38. The van der Waals surface area contributed by atoms with Gasteiger partial charge in [0.15, 0.2) is 0 Å². The van der Waals surface area contributed by atoms with E-state index in [1.165, 1.54) is 12.1 Å². The Balaban J connectivity index is 1.86. The van der Waals surface area contributed by atoms with Crippen molar-refractivity contribution >= 4 is 0 Å². The third-order valence-electron chi connectivity index (χ3n) is 3.59. The Labute approximate surface area is 119 Å². The maximum atomic E-state index is 12.5. The third-order valence-corrected chi connectivity index (χ3v) is 3.59. The number of aliphatic hydroxyl groups is 1. The maximum Gasteiger partial charge on any atom is 0.416 e. The van der Waals surface area contributed by atoms with E-state index in [0.29, 0.717) is 23.3 Å². The fourth-order valence-corrected chi connectivity index (χ4v) is 2.49. The average molecular weight is 294 g/mol. The number of para-hydroxylation sites is 1. The van der Waals surface area contributed by atoms with Crippen molar-refractivity contribution in [3.63, 3.8) is 0 Å². The zero-order valence-corrected chi connectivity index (χ0v) is 11.0. The summed E-state index contributed by atoms with van der Waals surface area (Å²) in [7, 11) is 0. The van der Waals surface area contributed by atoms with E-state index < -0.39 is 23.9 Å². The summed E-state index contributed by atoms with van der Waals surface area (Å²) < 4.78 is 43.4. The van der Waals surface area contributed by atoms with Crippen LogP contribution in [0.15, 0.2) is 48.5 Å². The summed E-state index contributed by atoms with van der Waals surface area (Å²) in [4.78, 5) is 0. The van der Waals surface area contributed by atoms with Crippen LogP contribution in [0.4, 0.5) is 13.2 Å². The fourth-order valence-electron chi connectivity index (χ4n) is 2.49. The zero-order valence-electron chi connectivity index (χ0n) is 11.0. The van der Waals surface area contributed by atoms with Crippen LogP contribution in [0, 0.1) is 0 Å². The molecule has 0 bridgehead atoms. The summed E-state index contributed by atoms with van der Waals surface area (Å²) in [6, 6.07) is 12.0. The quantitative estimate of drug-likeness (QED) is 0.851. The number of hydrogen-bond donors (Lipinski definition) is 1. The molecule has 0 saturated carbocycles. The number of fused-ring (bicyclic) bond motifs is 1. The molecule has 0 spiro atoms. The highest BCUT2D eigenvalue weighted by Gasteiger charge is 2.31. The molecule has 0 aromatic heterocycles. The zero-order chi connectivity index (χ0) is 15.0. The number of aliphatic hydroxyl groups excluding tert-OH is 1. The molecule has 2 atom stereocenters. The van der Waals surface area contributed by atoms with Crippen molar-refractivity contribution in [3.8, 4) is 5.75 Å². The maximum absolute atomic E-state index is 12.5. The number of ether oxygens (including phenoxy) is 1. The Morgan fingerprint density at radius 2 is 1.67 bits per heavy atom. The van der Waals surface area contributed by atoms with Crippen molar-refractivity contribution in [2.75, 3.05) is 0 Å². The van der Waals surface area contributed by atoms with Gasteiger partial charge in [0, 0.05) is 12.0 Å². The van der Waals surface area contributed by atoms with E-state index >= 15 is 0 Å². The normalized spacial score (nSPS) is 21.5. The Bertz CT molecular complexity index is 635. The van der Waals surface area contributed by atoms with Gasteiger partial charge in [-0.3, -0.25) is 0 Å². The lowest BCUT2D eigenvalue weighted by Crippen LogP contribution is -2.19. The van der Waals surface area contributed by atoms with Crippen molar-refractivity contribution in [2.24, 2.45) is 0 Å². The van der Waals surface area contributed by atoms with Crippen LogP contribution >= 0.6 is 0 Å². The van der Waals surface area contributed by atoms with Gasteiger partial charge in [-0.05, 0) is 23.8 Å². The van der Waals surface area contributed by atoms with Gasteiger partial charge in [0.2, 0.25) is 0 Å². The molecule has 1 heterocycles. The number of alkyl halides is 3. The minimum atomic E-state index is -4.35. The Morgan fingerprint density at radius 1 is 1.00 bits per heavy atom. The SMILES string of the molecule is OC1CC(c2ccc(C(F)(F)F)cc2)Oc2ccccc21. The standard InChI is InChI=1S/C16H13F3O2/c17-16(18,19)11-7-5-10(6-8-11)15-9-13(20)12-3-1-2-4-14(12)21-15/h1-8,13,15,20H,9H2. The lowest BCUT2D eigenvalue weighted by atomic mass is 9.94. The van der Waals surface area contributed by atoms with E-state index in [-0.39, 0.29) is 0 Å². The molecule has 2 unspecified atom stereocenters. The molecule has 1 aliphatic heterocycles. The summed E-state index contributed by atoms with van der Waals surface area (Å²) in [5, 5.41) is 10.1. The van der Waals surface area contributed by atoms with E-state index in [4.69, 9.17) is 4.74 Å². The van der Waals surface area contributed by atoms with Crippen molar-refractivity contribution < 1.29 is 23.0 Å². The molecule has 2 aromatic rings. The average Bonchev–Trinajstić information content (AvgIpc) is 2.46. The first-order chi connectivity index (χ1) is 9.95. The van der Waals surface area contributed by atoms with Crippen LogP contribution in [-0.4, -0.2) is 5.11 Å². The first kappa shape index (κ1) is 13.9. The van der Waals surface area contributed by atoms with E-state index in [1.807, 2.05) is 6.07 Å². The minimum Gasteiger partial charge on any atom is -0.485 e. The van der Waals surface area contributed by atoms with Gasteiger partial charge in [-0.1, -0.05) is 30.3 Å². The highest BCUT2D eigenvalue weighted by atomic mass is 19.4. The largest absolute Gasteiger partial charge is 0.485 e. The molecule has 0 amide bonds. The smallest absolute Gasteiger partial charge is 0.416 e. The monoisotopic (exact) mass is 294 g/mol. The molecule has 2 nitrogen and oxygen atoms in total. The number of halogens is 3. The summed E-state index contributed by atoms with van der Waals surface area (Å²) >= 11 is 0. The van der Waals surface area contributed by atoms with Gasteiger partial charge in [0.05, 0.1) is 11.7 Å². The molecule has 0 aliphatic carbocycles. The number of hydrogen-bond acceptors (Lipinski definition) is 2. The highest BCUT2D eigenvalue weighted by Crippen LogP contribution is 2.41. The van der Waals surface area contributed by atoms with Gasteiger partial charge >= 0.3 is 6.18 Å². The van der Waals surface area contributed by atoms with Crippen LogP contribution in [0.3, 0.4) is 0 Å². The summed E-state index contributed by atoms with van der Waals surface area (Å²) in [6.45, 7) is 0. The Kier molecular flexibility index (Phi) is 3.37. The van der Waals surface area contributed by atoms with Crippen molar-refractivity contribution in [1.82, 2.24) is 0 Å². The van der Waals surface area contributed by atoms with Crippen LogP contribution < -0.4 is 4.74 Å². The Morgan fingerprint density at radius 3 is 2.33 bits per heavy atom. The van der Waals surface area contributed by atoms with Crippen LogP contribution in [0.2, 0.25) is 0 Å². The first-order valence-electron chi connectivity index (χ1n) is 6.56. The number of benzene rings is 2. The van der Waals surface area contributed by atoms with Crippen LogP contribution in [0.5, 0.6) is 5.75 Å². The molecule has 0 radical (unpaired) electrons. The second-order valence-electron chi connectivity index (χ2n) is 5.02. The summed E-state index contributed by atoms with van der Waals surface area (Å²) in [5.41, 5.74) is 0.639. The second kappa shape index (κ2) is 5.07. The van der Waals surface area contributed by atoms with Gasteiger partial charge in [-0.2, -0.15) is 13.2 Å². The van der Waals surface area contributed by atoms with E-state index in [1.54, 1.807) is 18.2 Å². The molecule has 5 heteroatoms. The van der Waals surface area contributed by atoms with Crippen molar-refractivity contribution in [1.29, 1.82) is 0 Å². The van der Waals surface area contributed by atoms with Crippen molar-refractivity contribution in [3.05, 3.63) is 65.2 Å². The van der Waals surface area contributed by atoms with Gasteiger partial charge in [0.1, 0.15) is 11.9 Å². The predicted molar refractivity (Wildman–Crippen MR) is 70.8 cm³/mol. The topological polar surface area (TPSA) is 29.5 Å². The van der Waals surface area contributed by atoms with Gasteiger partial charge in [0.25, 0.3) is 0 Å². The summed E-state index contributed by atoms with van der Waals surface area (Å²) in [6.07, 6.45) is -5.15. The molecule has 0 fully saturated rings. The predicted octanol–water partition coefficient (Wildman–Crippen LogP) is 4.26. The number of rotatable bonds is 1. The molecule has 3 rings (SSSR count). The fraction of sp³-hybridized carbons (Fsp3) is 0.250. The third kappa shape index (κ3) is 2.74.